The lowest BCUT2D eigenvalue weighted by Crippen LogP contribution is -2.11. The molecule has 1 heterocycles. The second kappa shape index (κ2) is 5.17. The quantitative estimate of drug-likeness (QED) is 0.857. The minimum atomic E-state index is 0.0948. The van der Waals surface area contributed by atoms with Crippen molar-refractivity contribution >= 4 is 49.3 Å². The summed E-state index contributed by atoms with van der Waals surface area (Å²) in [4.78, 5) is 4.19. The molecule has 0 amide bonds. The van der Waals surface area contributed by atoms with Crippen LogP contribution in [0.1, 0.15) is 6.92 Å². The Morgan fingerprint density at radius 3 is 2.85 bits per heavy atom. The standard InChI is InChI=1S/C8H9Br2ClN2/c1-5(11)3-12-8-7(10)2-6(9)4-13-8/h2,4-5H,3H2,1H3,(H,12,13). The van der Waals surface area contributed by atoms with Gasteiger partial charge in [0.25, 0.3) is 0 Å². The van der Waals surface area contributed by atoms with Gasteiger partial charge in [-0.2, -0.15) is 0 Å². The highest BCUT2D eigenvalue weighted by molar-refractivity contribution is 9.11. The van der Waals surface area contributed by atoms with Crippen molar-refractivity contribution in [1.82, 2.24) is 4.98 Å². The molecular weight excluding hydrogens is 319 g/mol. The first-order valence-electron chi connectivity index (χ1n) is 3.78. The molecule has 0 aliphatic carbocycles. The van der Waals surface area contributed by atoms with Crippen LogP contribution in [0.15, 0.2) is 21.2 Å². The van der Waals surface area contributed by atoms with Crippen molar-refractivity contribution in [3.05, 3.63) is 21.2 Å². The molecule has 0 fully saturated rings. The van der Waals surface area contributed by atoms with E-state index in [0.29, 0.717) is 6.54 Å². The second-order valence-corrected chi connectivity index (χ2v) is 5.16. The Balaban J connectivity index is 2.67. The third-order valence-electron chi connectivity index (χ3n) is 1.36. The number of anilines is 1. The molecule has 0 radical (unpaired) electrons. The van der Waals surface area contributed by atoms with E-state index in [0.717, 1.165) is 14.8 Å². The van der Waals surface area contributed by atoms with Crippen molar-refractivity contribution in [1.29, 1.82) is 0 Å². The molecule has 1 aromatic heterocycles. The van der Waals surface area contributed by atoms with Gasteiger partial charge in [-0.25, -0.2) is 4.98 Å². The van der Waals surface area contributed by atoms with Crippen LogP contribution in [-0.2, 0) is 0 Å². The molecule has 0 saturated heterocycles. The van der Waals surface area contributed by atoms with Crippen molar-refractivity contribution in [2.45, 2.75) is 12.3 Å². The van der Waals surface area contributed by atoms with E-state index in [-0.39, 0.29) is 5.38 Å². The number of rotatable bonds is 3. The summed E-state index contributed by atoms with van der Waals surface area (Å²) in [6, 6.07) is 1.94. The molecule has 0 bridgehead atoms. The van der Waals surface area contributed by atoms with Crippen molar-refractivity contribution in [2.24, 2.45) is 0 Å². The van der Waals surface area contributed by atoms with Gasteiger partial charge in [-0.05, 0) is 44.8 Å². The molecule has 1 unspecified atom stereocenters. The smallest absolute Gasteiger partial charge is 0.140 e. The Bertz CT molecular complexity index is 291. The van der Waals surface area contributed by atoms with Crippen LogP contribution in [0, 0.1) is 0 Å². The van der Waals surface area contributed by atoms with Gasteiger partial charge in [0.15, 0.2) is 0 Å². The fraction of sp³-hybridized carbons (Fsp3) is 0.375. The minimum absolute atomic E-state index is 0.0948. The third-order valence-corrected chi connectivity index (χ3v) is 2.55. The number of hydrogen-bond donors (Lipinski definition) is 1. The Labute approximate surface area is 99.3 Å². The molecule has 13 heavy (non-hydrogen) atoms. The molecule has 0 aliphatic rings. The molecule has 0 aromatic carbocycles. The van der Waals surface area contributed by atoms with E-state index >= 15 is 0 Å². The van der Waals surface area contributed by atoms with E-state index < -0.39 is 0 Å². The zero-order chi connectivity index (χ0) is 9.84. The molecule has 5 heteroatoms. The fourth-order valence-corrected chi connectivity index (χ4v) is 1.99. The summed E-state index contributed by atoms with van der Waals surface area (Å²) < 4.78 is 1.88. The number of nitrogens with zero attached hydrogens (tertiary/aromatic N) is 1. The molecule has 1 aromatic rings. The van der Waals surface area contributed by atoms with Crippen LogP contribution in [-0.4, -0.2) is 16.9 Å². The molecule has 1 atom stereocenters. The van der Waals surface area contributed by atoms with E-state index in [4.69, 9.17) is 11.6 Å². The molecule has 1 N–H and O–H groups in total. The predicted octanol–water partition coefficient (Wildman–Crippen LogP) is 3.65. The number of hydrogen-bond acceptors (Lipinski definition) is 2. The first-order chi connectivity index (χ1) is 6.09. The predicted molar refractivity (Wildman–Crippen MR) is 63.4 cm³/mol. The van der Waals surface area contributed by atoms with Crippen LogP contribution in [0.5, 0.6) is 0 Å². The maximum absolute atomic E-state index is 5.80. The Hall–Kier alpha value is 0.200. The van der Waals surface area contributed by atoms with Crippen LogP contribution in [0.3, 0.4) is 0 Å². The highest BCUT2D eigenvalue weighted by Gasteiger charge is 2.02. The van der Waals surface area contributed by atoms with E-state index in [9.17, 15) is 0 Å². The topological polar surface area (TPSA) is 24.9 Å². The molecular formula is C8H9Br2ClN2. The van der Waals surface area contributed by atoms with Gasteiger partial charge in [0.2, 0.25) is 0 Å². The van der Waals surface area contributed by atoms with Gasteiger partial charge in [-0.3, -0.25) is 0 Å². The minimum Gasteiger partial charge on any atom is -0.368 e. The first kappa shape index (κ1) is 11.3. The summed E-state index contributed by atoms with van der Waals surface area (Å²) >= 11 is 12.5. The molecule has 0 aliphatic heterocycles. The second-order valence-electron chi connectivity index (χ2n) is 2.65. The Kier molecular flexibility index (Phi) is 4.49. The fourth-order valence-electron chi connectivity index (χ4n) is 0.782. The average molecular weight is 328 g/mol. The highest BCUT2D eigenvalue weighted by atomic mass is 79.9. The number of nitrogens with one attached hydrogen (secondary N) is 1. The lowest BCUT2D eigenvalue weighted by Gasteiger charge is -2.08. The van der Waals surface area contributed by atoms with Crippen LogP contribution in [0.2, 0.25) is 0 Å². The van der Waals surface area contributed by atoms with E-state index in [2.05, 4.69) is 42.2 Å². The largest absolute Gasteiger partial charge is 0.368 e. The molecule has 0 spiro atoms. The Morgan fingerprint density at radius 1 is 1.62 bits per heavy atom. The lowest BCUT2D eigenvalue weighted by atomic mass is 10.4. The zero-order valence-corrected chi connectivity index (χ0v) is 10.9. The lowest BCUT2D eigenvalue weighted by molar-refractivity contribution is 0.975. The Morgan fingerprint density at radius 2 is 2.31 bits per heavy atom. The number of halogens is 3. The molecule has 72 valence electrons. The summed E-state index contributed by atoms with van der Waals surface area (Å²) in [5, 5.41) is 3.22. The SMILES string of the molecule is CC(Cl)CNc1ncc(Br)cc1Br. The van der Waals surface area contributed by atoms with Crippen molar-refractivity contribution in [3.63, 3.8) is 0 Å². The normalized spacial score (nSPS) is 12.6. The van der Waals surface area contributed by atoms with Crippen molar-refractivity contribution < 1.29 is 0 Å². The summed E-state index contributed by atoms with van der Waals surface area (Å²) in [6.07, 6.45) is 1.74. The molecule has 0 saturated carbocycles. The summed E-state index contributed by atoms with van der Waals surface area (Å²) in [6.45, 7) is 2.64. The maximum Gasteiger partial charge on any atom is 0.140 e. The van der Waals surface area contributed by atoms with Gasteiger partial charge in [-0.1, -0.05) is 0 Å². The van der Waals surface area contributed by atoms with Crippen LogP contribution >= 0.6 is 43.5 Å². The summed E-state index contributed by atoms with van der Waals surface area (Å²) in [5.74, 6) is 0.815. The zero-order valence-electron chi connectivity index (χ0n) is 7.02. The third kappa shape index (κ3) is 3.83. The van der Waals surface area contributed by atoms with E-state index in [1.165, 1.54) is 0 Å². The number of alkyl halides is 1. The van der Waals surface area contributed by atoms with E-state index in [1.807, 2.05) is 13.0 Å². The van der Waals surface area contributed by atoms with Gasteiger partial charge in [-0.15, -0.1) is 11.6 Å². The van der Waals surface area contributed by atoms with E-state index in [1.54, 1.807) is 6.20 Å². The summed E-state index contributed by atoms with van der Waals surface area (Å²) in [7, 11) is 0. The van der Waals surface area contributed by atoms with Crippen molar-refractivity contribution in [3.8, 4) is 0 Å². The van der Waals surface area contributed by atoms with Gasteiger partial charge in [0, 0.05) is 22.6 Å². The van der Waals surface area contributed by atoms with Crippen LogP contribution in [0.25, 0.3) is 0 Å². The van der Waals surface area contributed by atoms with Crippen LogP contribution in [0.4, 0.5) is 5.82 Å². The number of aromatic nitrogens is 1. The van der Waals surface area contributed by atoms with Gasteiger partial charge >= 0.3 is 0 Å². The van der Waals surface area contributed by atoms with Crippen molar-refractivity contribution in [2.75, 3.05) is 11.9 Å². The monoisotopic (exact) mass is 326 g/mol. The van der Waals surface area contributed by atoms with Gasteiger partial charge < -0.3 is 5.32 Å². The first-order valence-corrected chi connectivity index (χ1v) is 5.81. The average Bonchev–Trinajstić information content (AvgIpc) is 2.02. The maximum atomic E-state index is 5.80. The van der Waals surface area contributed by atoms with Crippen LogP contribution < -0.4 is 5.32 Å². The number of pyridine rings is 1. The molecule has 1 rings (SSSR count). The highest BCUT2D eigenvalue weighted by Crippen LogP contribution is 2.23. The summed E-state index contributed by atoms with van der Waals surface area (Å²) in [5.41, 5.74) is 0. The van der Waals surface area contributed by atoms with Gasteiger partial charge in [0.05, 0.1) is 4.47 Å². The molecule has 2 nitrogen and oxygen atoms in total. The van der Waals surface area contributed by atoms with Gasteiger partial charge in [0.1, 0.15) is 5.82 Å².